The highest BCUT2D eigenvalue weighted by atomic mass is 32.2. The Labute approximate surface area is 128 Å². The zero-order chi connectivity index (χ0) is 14.8. The predicted molar refractivity (Wildman–Crippen MR) is 87.1 cm³/mol. The second-order valence-electron chi connectivity index (χ2n) is 4.76. The number of fused-ring (bicyclic) bond motifs is 1. The fourth-order valence-corrected chi connectivity index (χ4v) is 3.66. The number of nitrogens with zero attached hydrogens (tertiary/aromatic N) is 1. The molecule has 1 atom stereocenters. The number of hydrogen-bond donors (Lipinski definition) is 1. The Morgan fingerprint density at radius 3 is 2.71 bits per heavy atom. The zero-order valence-corrected chi connectivity index (χ0v) is 12.1. The third kappa shape index (κ3) is 2.48. The smallest absolute Gasteiger partial charge is 0.245 e. The monoisotopic (exact) mass is 294 g/mol. The first-order chi connectivity index (χ1) is 10.2. The van der Waals surface area contributed by atoms with Crippen molar-refractivity contribution in [3.8, 4) is 12.3 Å². The topological polar surface area (TPSA) is 46.3 Å². The number of nitrogens with two attached hydrogens (primary N) is 1. The highest BCUT2D eigenvalue weighted by molar-refractivity contribution is 8.00. The van der Waals surface area contributed by atoms with Crippen LogP contribution in [0.4, 0.5) is 11.4 Å². The minimum atomic E-state index is -0.283. The molecule has 1 amide bonds. The van der Waals surface area contributed by atoms with Crippen LogP contribution >= 0.6 is 11.8 Å². The van der Waals surface area contributed by atoms with Crippen LogP contribution in [0, 0.1) is 12.3 Å². The van der Waals surface area contributed by atoms with Gasteiger partial charge in [-0.3, -0.25) is 9.69 Å². The average molecular weight is 294 g/mol. The molecule has 2 N–H and O–H groups in total. The third-order valence-corrected chi connectivity index (χ3v) is 4.65. The lowest BCUT2D eigenvalue weighted by Gasteiger charge is -2.32. The number of terminal acetylenes is 1. The van der Waals surface area contributed by atoms with Gasteiger partial charge in [0.15, 0.2) is 0 Å². The van der Waals surface area contributed by atoms with E-state index in [0.29, 0.717) is 5.69 Å². The predicted octanol–water partition coefficient (Wildman–Crippen LogP) is 3.08. The summed E-state index contributed by atoms with van der Waals surface area (Å²) in [7, 11) is 0. The second kappa shape index (κ2) is 5.55. The Balaban J connectivity index is 2.07. The number of amides is 1. The normalized spacial score (nSPS) is 17.2. The number of carbonyl (C=O) groups excluding carboxylic acids is 1. The first kappa shape index (κ1) is 13.6. The molecular weight excluding hydrogens is 280 g/mol. The van der Waals surface area contributed by atoms with Gasteiger partial charge in [0, 0.05) is 10.6 Å². The van der Waals surface area contributed by atoms with E-state index in [0.717, 1.165) is 16.1 Å². The first-order valence-corrected chi connectivity index (χ1v) is 7.44. The summed E-state index contributed by atoms with van der Waals surface area (Å²) in [5.41, 5.74) is 8.36. The van der Waals surface area contributed by atoms with Gasteiger partial charge in [0.2, 0.25) is 5.91 Å². The Hall–Kier alpha value is -2.38. The Bertz CT molecular complexity index is 721. The van der Waals surface area contributed by atoms with E-state index in [1.807, 2.05) is 42.5 Å². The van der Waals surface area contributed by atoms with Crippen LogP contribution in [0.2, 0.25) is 0 Å². The fraction of sp³-hybridized carbons (Fsp3) is 0.118. The summed E-state index contributed by atoms with van der Waals surface area (Å²) in [4.78, 5) is 15.4. The molecular formula is C17H14N2OS. The Morgan fingerprint density at radius 2 is 2.00 bits per heavy atom. The standard InChI is InChI=1S/C17H14N2OS/c1-2-10-19-14-9-8-13(18)11-15(14)21-16(17(19)20)12-6-4-3-5-7-12/h1,3-9,11,16H,10,18H2. The molecule has 0 fully saturated rings. The van der Waals surface area contributed by atoms with Gasteiger partial charge in [-0.2, -0.15) is 0 Å². The molecule has 3 rings (SSSR count). The lowest BCUT2D eigenvalue weighted by Crippen LogP contribution is -2.37. The molecule has 0 aliphatic carbocycles. The Kier molecular flexibility index (Phi) is 3.59. The molecule has 1 heterocycles. The van der Waals surface area contributed by atoms with Gasteiger partial charge >= 0.3 is 0 Å². The maximum Gasteiger partial charge on any atom is 0.245 e. The van der Waals surface area contributed by atoms with Crippen molar-refractivity contribution in [3.05, 3.63) is 54.1 Å². The van der Waals surface area contributed by atoms with Crippen LogP contribution < -0.4 is 10.6 Å². The maximum atomic E-state index is 12.7. The fourth-order valence-electron chi connectivity index (χ4n) is 2.38. The van der Waals surface area contributed by atoms with E-state index < -0.39 is 0 Å². The molecule has 21 heavy (non-hydrogen) atoms. The van der Waals surface area contributed by atoms with Crippen molar-refractivity contribution in [3.63, 3.8) is 0 Å². The van der Waals surface area contributed by atoms with Gasteiger partial charge in [0.05, 0.1) is 12.2 Å². The quantitative estimate of drug-likeness (QED) is 0.684. The summed E-state index contributed by atoms with van der Waals surface area (Å²) in [6.45, 7) is 0.264. The summed E-state index contributed by atoms with van der Waals surface area (Å²) in [5.74, 6) is 2.58. The van der Waals surface area contributed by atoms with Crippen molar-refractivity contribution in [2.45, 2.75) is 10.1 Å². The van der Waals surface area contributed by atoms with E-state index in [9.17, 15) is 4.79 Å². The molecule has 0 saturated carbocycles. The molecule has 0 aromatic heterocycles. The molecule has 4 heteroatoms. The van der Waals surface area contributed by atoms with Gasteiger partial charge in [-0.05, 0) is 23.8 Å². The van der Waals surface area contributed by atoms with E-state index >= 15 is 0 Å². The minimum absolute atomic E-state index is 0.0152. The van der Waals surface area contributed by atoms with Gasteiger partial charge < -0.3 is 5.73 Å². The highest BCUT2D eigenvalue weighted by Crippen LogP contribution is 2.46. The summed E-state index contributed by atoms with van der Waals surface area (Å²) < 4.78 is 0. The molecule has 0 radical (unpaired) electrons. The van der Waals surface area contributed by atoms with E-state index in [1.165, 1.54) is 11.8 Å². The highest BCUT2D eigenvalue weighted by Gasteiger charge is 2.34. The molecule has 0 spiro atoms. The number of benzene rings is 2. The number of anilines is 2. The number of hydrogen-bond acceptors (Lipinski definition) is 3. The summed E-state index contributed by atoms with van der Waals surface area (Å²) in [5, 5.41) is -0.283. The molecule has 0 saturated heterocycles. The molecule has 2 aromatic rings. The number of rotatable bonds is 2. The van der Waals surface area contributed by atoms with Crippen molar-refractivity contribution >= 4 is 29.0 Å². The van der Waals surface area contributed by atoms with Crippen LogP contribution in [0.15, 0.2) is 53.4 Å². The number of thioether (sulfide) groups is 1. The van der Waals surface area contributed by atoms with Gasteiger partial charge in [0.1, 0.15) is 5.25 Å². The summed E-state index contributed by atoms with van der Waals surface area (Å²) in [6, 6.07) is 15.3. The Morgan fingerprint density at radius 1 is 1.24 bits per heavy atom. The van der Waals surface area contributed by atoms with Crippen molar-refractivity contribution in [2.24, 2.45) is 0 Å². The number of carbonyl (C=O) groups is 1. The van der Waals surface area contributed by atoms with Crippen molar-refractivity contribution in [1.82, 2.24) is 0 Å². The van der Waals surface area contributed by atoms with Crippen LogP contribution in [0.1, 0.15) is 10.8 Å². The van der Waals surface area contributed by atoms with E-state index in [2.05, 4.69) is 5.92 Å². The SMILES string of the molecule is C#CCN1C(=O)C(c2ccccc2)Sc2cc(N)ccc21. The van der Waals surface area contributed by atoms with Gasteiger partial charge in [-0.15, -0.1) is 18.2 Å². The lowest BCUT2D eigenvalue weighted by molar-refractivity contribution is -0.118. The largest absolute Gasteiger partial charge is 0.399 e. The van der Waals surface area contributed by atoms with E-state index in [-0.39, 0.29) is 17.7 Å². The average Bonchev–Trinajstić information content (AvgIpc) is 2.51. The van der Waals surface area contributed by atoms with E-state index in [1.54, 1.807) is 11.0 Å². The molecule has 1 aliphatic rings. The van der Waals surface area contributed by atoms with E-state index in [4.69, 9.17) is 12.2 Å². The molecule has 0 bridgehead atoms. The van der Waals surface area contributed by atoms with Gasteiger partial charge in [-0.1, -0.05) is 36.3 Å². The van der Waals surface area contributed by atoms with Crippen molar-refractivity contribution in [1.29, 1.82) is 0 Å². The van der Waals surface area contributed by atoms with Crippen LogP contribution in [0.25, 0.3) is 0 Å². The maximum absolute atomic E-state index is 12.7. The number of nitrogen functional groups attached to an aromatic ring is 1. The summed E-state index contributed by atoms with van der Waals surface area (Å²) in [6.07, 6.45) is 5.42. The molecule has 1 aliphatic heterocycles. The second-order valence-corrected chi connectivity index (χ2v) is 5.91. The first-order valence-electron chi connectivity index (χ1n) is 6.56. The van der Waals surface area contributed by atoms with Crippen molar-refractivity contribution < 1.29 is 4.79 Å². The molecule has 3 nitrogen and oxygen atoms in total. The molecule has 104 valence electrons. The molecule has 1 unspecified atom stereocenters. The third-order valence-electron chi connectivity index (χ3n) is 3.36. The van der Waals surface area contributed by atoms with Gasteiger partial charge in [-0.25, -0.2) is 0 Å². The van der Waals surface area contributed by atoms with Crippen LogP contribution in [0.5, 0.6) is 0 Å². The van der Waals surface area contributed by atoms with Crippen LogP contribution in [-0.4, -0.2) is 12.5 Å². The zero-order valence-electron chi connectivity index (χ0n) is 11.3. The van der Waals surface area contributed by atoms with Crippen LogP contribution in [-0.2, 0) is 4.79 Å². The minimum Gasteiger partial charge on any atom is -0.399 e. The van der Waals surface area contributed by atoms with Crippen LogP contribution in [0.3, 0.4) is 0 Å². The van der Waals surface area contributed by atoms with Crippen molar-refractivity contribution in [2.75, 3.05) is 17.2 Å². The lowest BCUT2D eigenvalue weighted by atomic mass is 10.1. The molecule has 2 aromatic carbocycles. The van der Waals surface area contributed by atoms with Gasteiger partial charge in [0.25, 0.3) is 0 Å². The summed E-state index contributed by atoms with van der Waals surface area (Å²) >= 11 is 1.52.